The first-order chi connectivity index (χ1) is 13.9. The van der Waals surface area contributed by atoms with Crippen LogP contribution in [0.15, 0.2) is 66.0 Å². The summed E-state index contributed by atoms with van der Waals surface area (Å²) >= 11 is 4.69. The van der Waals surface area contributed by atoms with Crippen LogP contribution in [0.3, 0.4) is 0 Å². The van der Waals surface area contributed by atoms with Crippen LogP contribution in [0.25, 0.3) is 22.6 Å². The Hall–Kier alpha value is -3.66. The van der Waals surface area contributed by atoms with Gasteiger partial charge in [-0.15, -0.1) is 0 Å². The number of aliphatic imine (C=N–C) groups is 1. The maximum atomic E-state index is 8.25. The minimum Gasteiger partial charge on any atom is -0.356 e. The molecule has 0 spiro atoms. The van der Waals surface area contributed by atoms with Gasteiger partial charge in [-0.3, -0.25) is 15.0 Å². The second-order valence-corrected chi connectivity index (χ2v) is 4.82. The fraction of sp³-hybridized carbons (Fsp3) is 0. The first kappa shape index (κ1) is 26.3. The van der Waals surface area contributed by atoms with E-state index in [-0.39, 0.29) is 21.1 Å². The summed E-state index contributed by atoms with van der Waals surface area (Å²) in [5.41, 5.74) is 3.77. The van der Waals surface area contributed by atoms with Crippen LogP contribution >= 0.6 is 12.2 Å². The Kier molecular flexibility index (Phi) is 12.6. The van der Waals surface area contributed by atoms with Crippen molar-refractivity contribution >= 4 is 23.1 Å². The summed E-state index contributed by atoms with van der Waals surface area (Å²) in [6.07, 6.45) is 5.18. The summed E-state index contributed by atoms with van der Waals surface area (Å²) in [5, 5.41) is 31.9. The maximum absolute atomic E-state index is 8.25. The molecule has 0 amide bonds. The predicted molar refractivity (Wildman–Crippen MR) is 106 cm³/mol. The van der Waals surface area contributed by atoms with Gasteiger partial charge in [-0.05, 0) is 48.6 Å². The van der Waals surface area contributed by atoms with Crippen LogP contribution in [-0.4, -0.2) is 30.3 Å². The van der Waals surface area contributed by atoms with E-state index in [0.717, 1.165) is 17.0 Å². The van der Waals surface area contributed by atoms with Crippen molar-refractivity contribution in [3.05, 3.63) is 91.7 Å². The third kappa shape index (κ3) is 9.51. The first-order valence-electron chi connectivity index (χ1n) is 7.39. The zero-order chi connectivity index (χ0) is 21.6. The number of rotatable bonds is 3. The van der Waals surface area contributed by atoms with E-state index in [4.69, 9.17) is 42.9 Å². The summed E-state index contributed by atoms with van der Waals surface area (Å²) in [6.45, 7) is 0. The molecule has 30 heavy (non-hydrogen) atoms. The van der Waals surface area contributed by atoms with Crippen molar-refractivity contribution in [1.29, 1.82) is 0 Å². The van der Waals surface area contributed by atoms with Gasteiger partial charge in [0, 0.05) is 24.2 Å². The average Bonchev–Trinajstić information content (AvgIpc) is 2.69. The second kappa shape index (κ2) is 14.4. The molecule has 0 fully saturated rings. The van der Waals surface area contributed by atoms with Gasteiger partial charge in [0.25, 0.3) is 0 Å². The molecule has 14 heteroatoms. The Morgan fingerprint density at radius 2 is 1.33 bits per heavy atom. The molecule has 0 atom stereocenters. The summed E-state index contributed by atoms with van der Waals surface area (Å²) in [4.78, 5) is 33.8. The van der Waals surface area contributed by atoms with Crippen molar-refractivity contribution < 1.29 is 31.2 Å². The number of isothiocyanates is 1. The smallest absolute Gasteiger partial charge is 0.356 e. The molecule has 156 valence electrons. The van der Waals surface area contributed by atoms with E-state index >= 15 is 0 Å². The third-order valence-corrected chi connectivity index (χ3v) is 3.02. The van der Waals surface area contributed by atoms with Gasteiger partial charge in [0.1, 0.15) is 17.1 Å². The van der Waals surface area contributed by atoms with Crippen molar-refractivity contribution in [2.24, 2.45) is 4.99 Å². The summed E-state index contributed by atoms with van der Waals surface area (Å²) < 4.78 is 0. The van der Waals surface area contributed by atoms with E-state index in [1.165, 1.54) is 0 Å². The van der Waals surface area contributed by atoms with Gasteiger partial charge >= 0.3 is 21.1 Å². The number of hydrogen-bond donors (Lipinski definition) is 0. The van der Waals surface area contributed by atoms with E-state index < -0.39 is 10.2 Å². The topological polar surface area (TPSA) is 183 Å². The summed E-state index contributed by atoms with van der Waals surface area (Å²) in [7, 11) is 0. The molecule has 0 bridgehead atoms. The predicted octanol–water partition coefficient (Wildman–Crippen LogP) is 3.46. The van der Waals surface area contributed by atoms with Crippen LogP contribution in [0.1, 0.15) is 0 Å². The van der Waals surface area contributed by atoms with Crippen molar-refractivity contribution in [2.75, 3.05) is 0 Å². The van der Waals surface area contributed by atoms with Crippen molar-refractivity contribution in [2.45, 2.75) is 0 Å². The molecule has 0 saturated carbocycles. The number of hydrogen-bond acceptors (Lipinski definition) is 11. The molecule has 3 rings (SSSR count). The fourth-order valence-corrected chi connectivity index (χ4v) is 2.14. The zero-order valence-corrected chi connectivity index (χ0v) is 17.7. The van der Waals surface area contributed by atoms with Gasteiger partial charge < -0.3 is 30.6 Å². The molecule has 0 N–H and O–H groups in total. The van der Waals surface area contributed by atoms with E-state index in [1.807, 2.05) is 36.4 Å². The van der Waals surface area contributed by atoms with Crippen molar-refractivity contribution in [1.82, 2.24) is 15.0 Å². The van der Waals surface area contributed by atoms with Crippen molar-refractivity contribution in [3.63, 3.8) is 0 Å². The zero-order valence-electron chi connectivity index (χ0n) is 14.6. The Bertz CT molecular complexity index is 1000. The van der Waals surface area contributed by atoms with Crippen LogP contribution in [0.2, 0.25) is 0 Å². The van der Waals surface area contributed by atoms with Gasteiger partial charge in [-0.25, -0.2) is 0 Å². The van der Waals surface area contributed by atoms with Crippen LogP contribution in [0.5, 0.6) is 0 Å². The largest absolute Gasteiger partial charge is 2.00 e. The minimum absolute atomic E-state index is 0. The second-order valence-electron chi connectivity index (χ2n) is 4.64. The van der Waals surface area contributed by atoms with E-state index in [0.29, 0.717) is 11.4 Å². The molecule has 0 aromatic carbocycles. The maximum Gasteiger partial charge on any atom is 2.00 e. The number of aromatic nitrogens is 3. The van der Waals surface area contributed by atoms with Gasteiger partial charge in [0.2, 0.25) is 0 Å². The molecule has 3 aromatic heterocycles. The molecular weight excluding hydrogens is 599 g/mol. The van der Waals surface area contributed by atoms with Gasteiger partial charge in [0.05, 0.1) is 21.0 Å². The Balaban J connectivity index is 0.000000808. The SMILES string of the molecule is O=[N+]([O-])[O-].O=[N+]([O-])[O-].S=C=Nc1cccnc1-c1ncccc1-c1ccccn1.[Pt+2]. The van der Waals surface area contributed by atoms with Gasteiger partial charge in [-0.2, -0.15) is 4.99 Å². The van der Waals surface area contributed by atoms with Gasteiger partial charge in [-0.1, -0.05) is 6.07 Å². The molecule has 3 aromatic rings. The average molecular weight is 609 g/mol. The summed E-state index contributed by atoms with van der Waals surface area (Å²) in [6, 6.07) is 13.2. The Morgan fingerprint density at radius 1 is 0.800 bits per heavy atom. The van der Waals surface area contributed by atoms with Crippen LogP contribution in [0, 0.1) is 30.6 Å². The fourth-order valence-electron chi connectivity index (χ4n) is 2.04. The number of pyridine rings is 3. The molecule has 0 aliphatic rings. The molecule has 0 aliphatic carbocycles. The van der Waals surface area contributed by atoms with E-state index in [2.05, 4.69) is 25.1 Å². The molecule has 0 saturated heterocycles. The molecule has 12 nitrogen and oxygen atoms in total. The molecular formula is C16H10N6O6PtS. The Morgan fingerprint density at radius 3 is 1.87 bits per heavy atom. The third-order valence-electron chi connectivity index (χ3n) is 2.93. The van der Waals surface area contributed by atoms with E-state index in [1.54, 1.807) is 24.7 Å². The number of nitrogens with zero attached hydrogens (tertiary/aromatic N) is 6. The standard InChI is InChI=1S/C16H10N4S.2NO3.Pt/c21-11-20-14-7-4-10-19-16(14)15-12(5-3-9-18-15)13-6-1-2-8-17-13;2*2-1(3)4;/h1-10H;;;/q;2*-1;+2. The van der Waals surface area contributed by atoms with Crippen LogP contribution in [-0.2, 0) is 21.1 Å². The minimum atomic E-state index is -1.75. The molecule has 0 radical (unpaired) electrons. The van der Waals surface area contributed by atoms with E-state index in [9.17, 15) is 0 Å². The molecule has 0 unspecified atom stereocenters. The van der Waals surface area contributed by atoms with Crippen LogP contribution in [0.4, 0.5) is 5.69 Å². The van der Waals surface area contributed by atoms with Crippen molar-refractivity contribution in [3.8, 4) is 22.6 Å². The normalized spacial score (nSPS) is 8.53. The summed E-state index contributed by atoms with van der Waals surface area (Å²) in [5.74, 6) is 0. The number of thiocarbonyl (C=S) groups is 1. The Labute approximate surface area is 188 Å². The first-order valence-corrected chi connectivity index (χ1v) is 7.80. The quantitative estimate of drug-likeness (QED) is 0.184. The molecule has 3 heterocycles. The van der Waals surface area contributed by atoms with Crippen LogP contribution < -0.4 is 0 Å². The van der Waals surface area contributed by atoms with Gasteiger partial charge in [0.15, 0.2) is 0 Å². The molecule has 0 aliphatic heterocycles. The monoisotopic (exact) mass is 609 g/mol.